The number of anilines is 1. The Morgan fingerprint density at radius 1 is 0.962 bits per heavy atom. The van der Waals surface area contributed by atoms with Crippen LogP contribution in [0.3, 0.4) is 0 Å². The van der Waals surface area contributed by atoms with Gasteiger partial charge in [0.15, 0.2) is 0 Å². The van der Waals surface area contributed by atoms with Crippen molar-refractivity contribution in [3.8, 4) is 0 Å². The molecule has 0 saturated carbocycles. The van der Waals surface area contributed by atoms with E-state index in [4.69, 9.17) is 4.42 Å². The Bertz CT molecular complexity index is 873. The Labute approximate surface area is 152 Å². The minimum Gasteiger partial charge on any atom is -0.467 e. The second kappa shape index (κ2) is 8.16. The van der Waals surface area contributed by atoms with Crippen LogP contribution in [0.1, 0.15) is 28.6 Å². The van der Waals surface area contributed by atoms with Gasteiger partial charge in [0.1, 0.15) is 5.76 Å². The van der Waals surface area contributed by atoms with Gasteiger partial charge in [0, 0.05) is 24.7 Å². The van der Waals surface area contributed by atoms with E-state index in [2.05, 4.69) is 5.32 Å². The molecule has 0 bridgehead atoms. The van der Waals surface area contributed by atoms with Gasteiger partial charge in [-0.2, -0.15) is 0 Å². The molecule has 3 aromatic rings. The number of hydrogen-bond acceptors (Lipinski definition) is 3. The van der Waals surface area contributed by atoms with Crippen LogP contribution in [0.25, 0.3) is 0 Å². The van der Waals surface area contributed by atoms with E-state index in [9.17, 15) is 9.59 Å². The maximum Gasteiger partial charge on any atom is 0.254 e. The fraction of sp³-hybridized carbons (Fsp3) is 0.143. The summed E-state index contributed by atoms with van der Waals surface area (Å²) in [5, 5.41) is 2.71. The zero-order valence-electron chi connectivity index (χ0n) is 14.5. The molecule has 0 spiro atoms. The van der Waals surface area contributed by atoms with Crippen LogP contribution >= 0.6 is 0 Å². The van der Waals surface area contributed by atoms with Gasteiger partial charge < -0.3 is 14.6 Å². The molecule has 0 aliphatic rings. The molecule has 0 unspecified atom stereocenters. The summed E-state index contributed by atoms with van der Waals surface area (Å²) < 4.78 is 5.41. The molecule has 0 fully saturated rings. The van der Waals surface area contributed by atoms with E-state index >= 15 is 0 Å². The Morgan fingerprint density at radius 2 is 1.77 bits per heavy atom. The van der Waals surface area contributed by atoms with E-state index in [-0.39, 0.29) is 11.8 Å². The number of nitrogens with one attached hydrogen (secondary N) is 1. The van der Waals surface area contributed by atoms with Crippen LogP contribution in [-0.4, -0.2) is 16.7 Å². The molecule has 0 aliphatic heterocycles. The van der Waals surface area contributed by atoms with Crippen LogP contribution < -0.4 is 5.32 Å². The average molecular weight is 348 g/mol. The fourth-order valence-electron chi connectivity index (χ4n) is 2.71. The molecule has 26 heavy (non-hydrogen) atoms. The lowest BCUT2D eigenvalue weighted by atomic mass is 10.1. The zero-order chi connectivity index (χ0) is 18.4. The van der Waals surface area contributed by atoms with Crippen LogP contribution in [0.5, 0.6) is 0 Å². The summed E-state index contributed by atoms with van der Waals surface area (Å²) in [7, 11) is 0. The lowest BCUT2D eigenvalue weighted by Gasteiger charge is -2.22. The summed E-state index contributed by atoms with van der Waals surface area (Å²) in [5.74, 6) is 0.413. The van der Waals surface area contributed by atoms with Crippen molar-refractivity contribution >= 4 is 17.5 Å². The monoisotopic (exact) mass is 348 g/mol. The molecule has 1 N–H and O–H groups in total. The van der Waals surface area contributed by atoms with Crippen LogP contribution in [0.15, 0.2) is 77.4 Å². The summed E-state index contributed by atoms with van der Waals surface area (Å²) in [6.45, 7) is 2.27. The maximum atomic E-state index is 13.1. The minimum atomic E-state index is -0.175. The van der Waals surface area contributed by atoms with E-state index in [0.717, 1.165) is 5.56 Å². The van der Waals surface area contributed by atoms with Crippen LogP contribution in [0, 0.1) is 0 Å². The van der Waals surface area contributed by atoms with E-state index < -0.39 is 0 Å². The normalized spacial score (nSPS) is 10.3. The molecule has 5 heteroatoms. The lowest BCUT2D eigenvalue weighted by molar-refractivity contribution is -0.114. The molecule has 0 atom stereocenters. The molecule has 5 nitrogen and oxygen atoms in total. The lowest BCUT2D eigenvalue weighted by Crippen LogP contribution is -2.30. The number of hydrogen-bond donors (Lipinski definition) is 1. The van der Waals surface area contributed by atoms with Crippen molar-refractivity contribution in [2.45, 2.75) is 20.0 Å². The predicted molar refractivity (Wildman–Crippen MR) is 99.5 cm³/mol. The summed E-state index contributed by atoms with van der Waals surface area (Å²) in [6.07, 6.45) is 1.60. The number of amides is 2. The summed E-state index contributed by atoms with van der Waals surface area (Å²) in [5.41, 5.74) is 2.14. The van der Waals surface area contributed by atoms with Gasteiger partial charge in [0.2, 0.25) is 5.91 Å². The summed E-state index contributed by atoms with van der Waals surface area (Å²) >= 11 is 0. The number of carbonyl (C=O) groups is 2. The zero-order valence-corrected chi connectivity index (χ0v) is 14.5. The Kier molecular flexibility index (Phi) is 5.49. The molecule has 0 radical (unpaired) electrons. The van der Waals surface area contributed by atoms with E-state index in [1.807, 2.05) is 36.4 Å². The quantitative estimate of drug-likeness (QED) is 0.730. The molecule has 1 aromatic heterocycles. The van der Waals surface area contributed by atoms with E-state index in [1.54, 1.807) is 41.5 Å². The van der Waals surface area contributed by atoms with Gasteiger partial charge in [-0.25, -0.2) is 0 Å². The van der Waals surface area contributed by atoms with Gasteiger partial charge in [0.25, 0.3) is 5.91 Å². The Hall–Kier alpha value is -3.34. The maximum absolute atomic E-state index is 13.1. The Balaban J connectivity index is 1.85. The molecular formula is C21H20N2O3. The molecule has 0 saturated heterocycles. The molecule has 2 amide bonds. The first-order valence-electron chi connectivity index (χ1n) is 8.35. The molecular weight excluding hydrogens is 328 g/mol. The standard InChI is InChI=1S/C21H20N2O3/c1-16(24)22-19-10-5-9-18(13-19)21(25)23(15-20-11-6-12-26-20)14-17-7-3-2-4-8-17/h2-13H,14-15H2,1H3,(H,22,24). The summed E-state index contributed by atoms with van der Waals surface area (Å²) in [6, 6.07) is 20.4. The second-order valence-electron chi connectivity index (χ2n) is 5.99. The van der Waals surface area contributed by atoms with Gasteiger partial charge in [-0.3, -0.25) is 9.59 Å². The molecule has 132 valence electrons. The summed E-state index contributed by atoms with van der Waals surface area (Å²) in [4.78, 5) is 26.1. The number of furan rings is 1. The minimum absolute atomic E-state index is 0.127. The van der Waals surface area contributed by atoms with Crippen molar-refractivity contribution in [1.29, 1.82) is 0 Å². The third-order valence-electron chi connectivity index (χ3n) is 3.86. The smallest absolute Gasteiger partial charge is 0.254 e. The van der Waals surface area contributed by atoms with Crippen molar-refractivity contribution in [3.05, 3.63) is 89.9 Å². The highest BCUT2D eigenvalue weighted by Gasteiger charge is 2.18. The third-order valence-corrected chi connectivity index (χ3v) is 3.86. The second-order valence-corrected chi connectivity index (χ2v) is 5.99. The van der Waals surface area contributed by atoms with Crippen LogP contribution in [-0.2, 0) is 17.9 Å². The van der Waals surface area contributed by atoms with E-state index in [0.29, 0.717) is 30.1 Å². The molecule has 2 aromatic carbocycles. The molecule has 3 rings (SSSR count). The van der Waals surface area contributed by atoms with Gasteiger partial charge in [-0.1, -0.05) is 36.4 Å². The third kappa shape index (κ3) is 4.60. The number of benzene rings is 2. The SMILES string of the molecule is CC(=O)Nc1cccc(C(=O)N(Cc2ccccc2)Cc2ccco2)c1. The van der Waals surface area contributed by atoms with Gasteiger partial charge in [-0.05, 0) is 35.9 Å². The van der Waals surface area contributed by atoms with Crippen LogP contribution in [0.2, 0.25) is 0 Å². The van der Waals surface area contributed by atoms with Crippen molar-refractivity contribution < 1.29 is 14.0 Å². The van der Waals surface area contributed by atoms with Crippen molar-refractivity contribution in [2.75, 3.05) is 5.32 Å². The number of rotatable bonds is 6. The Morgan fingerprint density at radius 3 is 2.46 bits per heavy atom. The highest BCUT2D eigenvalue weighted by atomic mass is 16.3. The van der Waals surface area contributed by atoms with Crippen molar-refractivity contribution in [1.82, 2.24) is 4.90 Å². The van der Waals surface area contributed by atoms with Crippen molar-refractivity contribution in [3.63, 3.8) is 0 Å². The molecule has 1 heterocycles. The first kappa shape index (κ1) is 17.5. The van der Waals surface area contributed by atoms with Crippen molar-refractivity contribution in [2.24, 2.45) is 0 Å². The number of carbonyl (C=O) groups excluding carboxylic acids is 2. The highest BCUT2D eigenvalue weighted by molar-refractivity contribution is 5.96. The highest BCUT2D eigenvalue weighted by Crippen LogP contribution is 2.17. The predicted octanol–water partition coefficient (Wildman–Crippen LogP) is 4.08. The van der Waals surface area contributed by atoms with Crippen LogP contribution in [0.4, 0.5) is 5.69 Å². The van der Waals surface area contributed by atoms with E-state index in [1.165, 1.54) is 6.92 Å². The topological polar surface area (TPSA) is 62.6 Å². The van der Waals surface area contributed by atoms with Gasteiger partial charge in [0.05, 0.1) is 12.8 Å². The first-order chi connectivity index (χ1) is 12.6. The molecule has 0 aliphatic carbocycles. The van der Waals surface area contributed by atoms with Gasteiger partial charge >= 0.3 is 0 Å². The first-order valence-corrected chi connectivity index (χ1v) is 8.35. The van der Waals surface area contributed by atoms with Gasteiger partial charge in [-0.15, -0.1) is 0 Å². The fourth-order valence-corrected chi connectivity index (χ4v) is 2.71. The average Bonchev–Trinajstić information content (AvgIpc) is 3.14. The number of nitrogens with zero attached hydrogens (tertiary/aromatic N) is 1. The largest absolute Gasteiger partial charge is 0.467 e.